The number of carbonyl (C=O) groups is 2. The van der Waals surface area contributed by atoms with Gasteiger partial charge in [0.25, 0.3) is 0 Å². The van der Waals surface area contributed by atoms with E-state index in [1.54, 1.807) is 12.3 Å². The van der Waals surface area contributed by atoms with Gasteiger partial charge >= 0.3 is 0 Å². The van der Waals surface area contributed by atoms with Gasteiger partial charge in [0.1, 0.15) is 5.65 Å². The zero-order valence-corrected chi connectivity index (χ0v) is 9.48. The number of aldehydes is 1. The summed E-state index contributed by atoms with van der Waals surface area (Å²) in [5.41, 5.74) is 0.974. The van der Waals surface area contributed by atoms with Crippen LogP contribution in [-0.2, 0) is 0 Å². The van der Waals surface area contributed by atoms with Gasteiger partial charge in [-0.1, -0.05) is 0 Å². The number of halogens is 1. The predicted molar refractivity (Wildman–Crippen MR) is 59.1 cm³/mol. The summed E-state index contributed by atoms with van der Waals surface area (Å²) in [6.07, 6.45) is 3.81. The van der Waals surface area contributed by atoms with Gasteiger partial charge in [0.05, 0.1) is 0 Å². The van der Waals surface area contributed by atoms with Gasteiger partial charge in [0.15, 0.2) is 6.29 Å². The molecule has 2 aromatic heterocycles. The third kappa shape index (κ3) is 1.59. The second-order valence-electron chi connectivity index (χ2n) is 3.12. The SMILES string of the molecule is CC(=O)n1cc(C=O)c2cc(Br)cnc21. The number of hydrogen-bond donors (Lipinski definition) is 0. The summed E-state index contributed by atoms with van der Waals surface area (Å²) < 4.78 is 2.14. The van der Waals surface area contributed by atoms with Crippen molar-refractivity contribution in [3.8, 4) is 0 Å². The molecule has 0 aliphatic rings. The molecule has 0 radical (unpaired) electrons. The minimum absolute atomic E-state index is 0.164. The van der Waals surface area contributed by atoms with Gasteiger partial charge in [-0.25, -0.2) is 4.98 Å². The second kappa shape index (κ2) is 3.58. The molecule has 0 aliphatic heterocycles. The molecule has 0 atom stereocenters. The molecule has 0 amide bonds. The van der Waals surface area contributed by atoms with Gasteiger partial charge in [0, 0.05) is 34.7 Å². The summed E-state index contributed by atoms with van der Waals surface area (Å²) in [4.78, 5) is 26.2. The Labute approximate surface area is 94.0 Å². The number of hydrogen-bond acceptors (Lipinski definition) is 3. The molecule has 2 rings (SSSR count). The van der Waals surface area contributed by atoms with E-state index in [2.05, 4.69) is 20.9 Å². The Bertz CT molecular complexity index is 560. The van der Waals surface area contributed by atoms with Crippen molar-refractivity contribution in [1.29, 1.82) is 0 Å². The Kier molecular flexibility index (Phi) is 2.40. The maximum absolute atomic E-state index is 11.3. The number of aromatic nitrogens is 2. The van der Waals surface area contributed by atoms with Crippen LogP contribution in [-0.4, -0.2) is 21.7 Å². The highest BCUT2D eigenvalue weighted by molar-refractivity contribution is 9.10. The quantitative estimate of drug-likeness (QED) is 0.745. The Balaban J connectivity index is 2.86. The van der Waals surface area contributed by atoms with Crippen LogP contribution in [0.5, 0.6) is 0 Å². The maximum atomic E-state index is 11.3. The van der Waals surface area contributed by atoms with E-state index in [1.165, 1.54) is 17.7 Å². The van der Waals surface area contributed by atoms with Crippen molar-refractivity contribution in [2.45, 2.75) is 6.92 Å². The standard InChI is InChI=1S/C10H7BrN2O2/c1-6(15)13-4-7(5-14)9-2-8(11)3-12-10(9)13/h2-5H,1H3. The fourth-order valence-corrected chi connectivity index (χ4v) is 1.77. The summed E-state index contributed by atoms with van der Waals surface area (Å²) in [7, 11) is 0. The van der Waals surface area contributed by atoms with Crippen LogP contribution in [0.3, 0.4) is 0 Å². The van der Waals surface area contributed by atoms with E-state index in [1.807, 2.05) is 0 Å². The lowest BCUT2D eigenvalue weighted by molar-refractivity contribution is 0.0941. The van der Waals surface area contributed by atoms with Crippen molar-refractivity contribution < 1.29 is 9.59 Å². The molecule has 4 nitrogen and oxygen atoms in total. The van der Waals surface area contributed by atoms with E-state index in [0.717, 1.165) is 10.8 Å². The Morgan fingerprint density at radius 3 is 2.93 bits per heavy atom. The highest BCUT2D eigenvalue weighted by atomic mass is 79.9. The first-order valence-corrected chi connectivity index (χ1v) is 5.05. The largest absolute Gasteiger partial charge is 0.298 e. The normalized spacial score (nSPS) is 10.5. The van der Waals surface area contributed by atoms with E-state index in [4.69, 9.17) is 0 Å². The number of nitrogens with zero attached hydrogens (tertiary/aromatic N) is 2. The molecule has 0 saturated heterocycles. The van der Waals surface area contributed by atoms with Crippen LogP contribution in [0.25, 0.3) is 11.0 Å². The van der Waals surface area contributed by atoms with Crippen LogP contribution in [0.4, 0.5) is 0 Å². The minimum atomic E-state index is -0.164. The van der Waals surface area contributed by atoms with Crippen molar-refractivity contribution in [2.24, 2.45) is 0 Å². The van der Waals surface area contributed by atoms with Crippen LogP contribution in [0.15, 0.2) is 22.9 Å². The highest BCUT2D eigenvalue weighted by Crippen LogP contribution is 2.21. The average Bonchev–Trinajstić information content (AvgIpc) is 2.55. The van der Waals surface area contributed by atoms with Gasteiger partial charge in [-0.05, 0) is 22.0 Å². The van der Waals surface area contributed by atoms with E-state index in [9.17, 15) is 9.59 Å². The second-order valence-corrected chi connectivity index (χ2v) is 4.03. The van der Waals surface area contributed by atoms with Crippen molar-refractivity contribution in [2.75, 3.05) is 0 Å². The molecule has 0 fully saturated rings. The van der Waals surface area contributed by atoms with Gasteiger partial charge in [-0.2, -0.15) is 0 Å². The van der Waals surface area contributed by atoms with Crippen molar-refractivity contribution >= 4 is 39.2 Å². The zero-order valence-electron chi connectivity index (χ0n) is 7.90. The van der Waals surface area contributed by atoms with Gasteiger partial charge < -0.3 is 0 Å². The smallest absolute Gasteiger partial charge is 0.229 e. The van der Waals surface area contributed by atoms with E-state index < -0.39 is 0 Å². The molecular formula is C10H7BrN2O2. The fourth-order valence-electron chi connectivity index (χ4n) is 1.44. The van der Waals surface area contributed by atoms with Gasteiger partial charge in [0.2, 0.25) is 5.91 Å². The lowest BCUT2D eigenvalue weighted by atomic mass is 10.2. The molecule has 2 heterocycles. The Morgan fingerprint density at radius 1 is 1.60 bits per heavy atom. The van der Waals surface area contributed by atoms with Crippen molar-refractivity contribution in [3.63, 3.8) is 0 Å². The molecule has 0 aromatic carbocycles. The number of pyridine rings is 1. The third-order valence-electron chi connectivity index (χ3n) is 2.11. The van der Waals surface area contributed by atoms with Crippen LogP contribution >= 0.6 is 15.9 Å². The van der Waals surface area contributed by atoms with Crippen molar-refractivity contribution in [3.05, 3.63) is 28.5 Å². The lowest BCUT2D eigenvalue weighted by Crippen LogP contribution is -2.04. The monoisotopic (exact) mass is 266 g/mol. The molecule has 0 bridgehead atoms. The van der Waals surface area contributed by atoms with Crippen LogP contribution in [0.1, 0.15) is 22.1 Å². The lowest BCUT2D eigenvalue weighted by Gasteiger charge is -1.97. The molecule has 2 aromatic rings. The number of carbonyl (C=O) groups excluding carboxylic acids is 2. The number of fused-ring (bicyclic) bond motifs is 1. The third-order valence-corrected chi connectivity index (χ3v) is 2.54. The summed E-state index contributed by atoms with van der Waals surface area (Å²) in [6, 6.07) is 1.77. The molecule has 0 N–H and O–H groups in total. The summed E-state index contributed by atoms with van der Waals surface area (Å²) in [5.74, 6) is -0.164. The summed E-state index contributed by atoms with van der Waals surface area (Å²) >= 11 is 3.27. The molecule has 15 heavy (non-hydrogen) atoms. The Hall–Kier alpha value is -1.49. The first kappa shape index (κ1) is 10.0. The fraction of sp³-hybridized carbons (Fsp3) is 0.100. The average molecular weight is 267 g/mol. The number of rotatable bonds is 1. The predicted octanol–water partition coefficient (Wildman–Crippen LogP) is 2.27. The molecule has 0 saturated carbocycles. The molecule has 0 aliphatic carbocycles. The summed E-state index contributed by atoms with van der Waals surface area (Å²) in [5, 5.41) is 0.676. The summed E-state index contributed by atoms with van der Waals surface area (Å²) in [6.45, 7) is 1.43. The minimum Gasteiger partial charge on any atom is -0.298 e. The zero-order chi connectivity index (χ0) is 11.0. The molecule has 0 unspecified atom stereocenters. The molecular weight excluding hydrogens is 260 g/mol. The topological polar surface area (TPSA) is 52.0 Å². The molecule has 76 valence electrons. The van der Waals surface area contributed by atoms with Gasteiger partial charge in [-0.3, -0.25) is 14.2 Å². The van der Waals surface area contributed by atoms with E-state index >= 15 is 0 Å². The Morgan fingerprint density at radius 2 is 2.33 bits per heavy atom. The van der Waals surface area contributed by atoms with Crippen LogP contribution < -0.4 is 0 Å². The van der Waals surface area contributed by atoms with Crippen LogP contribution in [0, 0.1) is 0 Å². The van der Waals surface area contributed by atoms with Crippen molar-refractivity contribution in [1.82, 2.24) is 9.55 Å². The van der Waals surface area contributed by atoms with Crippen LogP contribution in [0.2, 0.25) is 0 Å². The van der Waals surface area contributed by atoms with E-state index in [-0.39, 0.29) is 5.91 Å². The molecule has 0 spiro atoms. The maximum Gasteiger partial charge on any atom is 0.229 e. The molecule has 5 heteroatoms. The first-order valence-electron chi connectivity index (χ1n) is 4.26. The van der Waals surface area contributed by atoms with E-state index in [0.29, 0.717) is 16.6 Å². The van der Waals surface area contributed by atoms with Gasteiger partial charge in [-0.15, -0.1) is 0 Å². The first-order chi connectivity index (χ1) is 7.13. The highest BCUT2D eigenvalue weighted by Gasteiger charge is 2.11.